The van der Waals surface area contributed by atoms with E-state index in [2.05, 4.69) is 5.16 Å². The Morgan fingerprint density at radius 2 is 1.68 bits per heavy atom. The van der Waals surface area contributed by atoms with Gasteiger partial charge in [-0.25, -0.2) is 4.79 Å². The number of oxime groups is 1. The third-order valence-electron chi connectivity index (χ3n) is 5.19. The lowest BCUT2D eigenvalue weighted by Gasteiger charge is -2.22. The Hall–Kier alpha value is -3.72. The summed E-state index contributed by atoms with van der Waals surface area (Å²) >= 11 is 1.52. The van der Waals surface area contributed by atoms with Crippen LogP contribution < -0.4 is 4.90 Å². The minimum absolute atomic E-state index is 0.0252. The first-order valence-corrected chi connectivity index (χ1v) is 11.5. The van der Waals surface area contributed by atoms with Crippen LogP contribution in [0.3, 0.4) is 0 Å². The molecule has 1 aliphatic heterocycles. The predicted molar refractivity (Wildman–Crippen MR) is 135 cm³/mol. The van der Waals surface area contributed by atoms with Crippen molar-refractivity contribution in [2.75, 3.05) is 31.2 Å². The van der Waals surface area contributed by atoms with Crippen LogP contribution in [0.5, 0.6) is 5.75 Å². The molecule has 7 nitrogen and oxygen atoms in total. The fourth-order valence-electron chi connectivity index (χ4n) is 3.53. The number of phenols is 1. The number of carbonyl (C=O) groups excluding carboxylic acids is 1. The van der Waals surface area contributed by atoms with Crippen LogP contribution in [-0.2, 0) is 9.63 Å². The molecule has 3 N–H and O–H groups in total. The molecule has 34 heavy (non-hydrogen) atoms. The van der Waals surface area contributed by atoms with Crippen LogP contribution in [-0.4, -0.2) is 53.3 Å². The Balaban J connectivity index is 1.47. The van der Waals surface area contributed by atoms with Gasteiger partial charge in [0, 0.05) is 34.1 Å². The van der Waals surface area contributed by atoms with Crippen molar-refractivity contribution < 1.29 is 25.0 Å². The highest BCUT2D eigenvalue weighted by atomic mass is 32.1. The summed E-state index contributed by atoms with van der Waals surface area (Å²) in [5.74, 6) is -0.439. The Bertz CT molecular complexity index is 1240. The van der Waals surface area contributed by atoms with Crippen molar-refractivity contribution in [2.24, 2.45) is 5.16 Å². The average Bonchev–Trinajstić information content (AvgIpc) is 3.45. The number of hydrogen-bond acceptors (Lipinski definition) is 8. The number of thiophene rings is 1. The molecule has 0 saturated heterocycles. The van der Waals surface area contributed by atoms with Gasteiger partial charge in [0.2, 0.25) is 0 Å². The molecule has 2 heterocycles. The maximum Gasteiger partial charge on any atom is 0.368 e. The highest BCUT2D eigenvalue weighted by molar-refractivity contribution is 7.13. The number of benzene rings is 2. The summed E-state index contributed by atoms with van der Waals surface area (Å²) in [6.07, 6.45) is 5.74. The largest absolute Gasteiger partial charge is 0.508 e. The third-order valence-corrected chi connectivity index (χ3v) is 6.18. The van der Waals surface area contributed by atoms with Gasteiger partial charge in [-0.1, -0.05) is 35.5 Å². The van der Waals surface area contributed by atoms with Gasteiger partial charge in [0.05, 0.1) is 18.8 Å². The van der Waals surface area contributed by atoms with Crippen LogP contribution in [0.15, 0.2) is 71.4 Å². The molecule has 0 saturated carbocycles. The normalized spacial score (nSPS) is 14.6. The number of aliphatic hydroxyl groups is 2. The van der Waals surface area contributed by atoms with Crippen LogP contribution in [0.4, 0.5) is 5.69 Å². The van der Waals surface area contributed by atoms with Gasteiger partial charge in [0.15, 0.2) is 0 Å². The zero-order chi connectivity index (χ0) is 23.9. The van der Waals surface area contributed by atoms with Crippen molar-refractivity contribution in [3.63, 3.8) is 0 Å². The first-order valence-electron chi connectivity index (χ1n) is 10.7. The van der Waals surface area contributed by atoms with Gasteiger partial charge < -0.3 is 25.1 Å². The first-order chi connectivity index (χ1) is 16.6. The van der Waals surface area contributed by atoms with E-state index >= 15 is 0 Å². The van der Waals surface area contributed by atoms with E-state index in [1.807, 2.05) is 53.5 Å². The lowest BCUT2D eigenvalue weighted by atomic mass is 10.0. The summed E-state index contributed by atoms with van der Waals surface area (Å²) in [7, 11) is 0. The van der Waals surface area contributed by atoms with Crippen LogP contribution in [0.25, 0.3) is 18.2 Å². The average molecular weight is 477 g/mol. The molecule has 0 aliphatic carbocycles. The molecule has 0 atom stereocenters. The molecule has 2 aromatic carbocycles. The number of rotatable bonds is 9. The first kappa shape index (κ1) is 23.4. The van der Waals surface area contributed by atoms with E-state index in [0.717, 1.165) is 21.0 Å². The van der Waals surface area contributed by atoms with Crippen LogP contribution in [0.2, 0.25) is 0 Å². The standard InChI is InChI=1S/C26H24N2O5S/c29-14-12-28(13-15-30)20-7-4-18(5-8-20)6-9-22-10-11-23(34-22)17-24-25(27-33-26(24)32)19-2-1-3-21(31)16-19/h1-11,16-17,29-31H,12-15H2/b9-6+,24-17-. The zero-order valence-corrected chi connectivity index (χ0v) is 19.1. The van der Waals surface area contributed by atoms with E-state index in [1.54, 1.807) is 24.3 Å². The molecular weight excluding hydrogens is 452 g/mol. The van der Waals surface area contributed by atoms with E-state index in [-0.39, 0.29) is 19.0 Å². The van der Waals surface area contributed by atoms with E-state index in [4.69, 9.17) is 4.84 Å². The van der Waals surface area contributed by atoms with Crippen molar-refractivity contribution in [3.05, 3.63) is 87.1 Å². The topological polar surface area (TPSA) is 103 Å². The summed E-state index contributed by atoms with van der Waals surface area (Å²) in [5, 5.41) is 32.0. The summed E-state index contributed by atoms with van der Waals surface area (Å²) in [5.41, 5.74) is 3.30. The number of nitrogens with zero attached hydrogens (tertiary/aromatic N) is 2. The molecule has 1 aliphatic rings. The maximum absolute atomic E-state index is 12.2. The summed E-state index contributed by atoms with van der Waals surface area (Å²) in [4.78, 5) is 20.9. The van der Waals surface area contributed by atoms with Gasteiger partial charge in [-0.3, -0.25) is 0 Å². The molecular formula is C26H24N2O5S. The zero-order valence-electron chi connectivity index (χ0n) is 18.3. The fourth-order valence-corrected chi connectivity index (χ4v) is 4.39. The molecule has 174 valence electrons. The van der Waals surface area contributed by atoms with Gasteiger partial charge >= 0.3 is 5.97 Å². The molecule has 0 unspecified atom stereocenters. The van der Waals surface area contributed by atoms with Crippen LogP contribution in [0.1, 0.15) is 20.9 Å². The smallest absolute Gasteiger partial charge is 0.368 e. The minimum atomic E-state index is -0.527. The van der Waals surface area contributed by atoms with Crippen LogP contribution >= 0.6 is 11.3 Å². The second kappa shape index (κ2) is 10.9. The highest BCUT2D eigenvalue weighted by Crippen LogP contribution is 2.27. The number of phenolic OH excluding ortho intramolecular Hbond substituents is 1. The second-order valence-corrected chi connectivity index (χ2v) is 8.67. The summed E-state index contributed by atoms with van der Waals surface area (Å²) < 4.78 is 0. The number of aromatic hydroxyl groups is 1. The Kier molecular flexibility index (Phi) is 7.54. The van der Waals surface area contributed by atoms with Gasteiger partial charge in [-0.2, -0.15) is 0 Å². The summed E-state index contributed by atoms with van der Waals surface area (Å²) in [6.45, 7) is 0.984. The molecule has 0 fully saturated rings. The van der Waals surface area contributed by atoms with Gasteiger partial charge in [0.25, 0.3) is 0 Å². The number of carbonyl (C=O) groups is 1. The van der Waals surface area contributed by atoms with Crippen molar-refractivity contribution >= 4 is 46.9 Å². The van der Waals surface area contributed by atoms with Gasteiger partial charge in [-0.05, 0) is 54.1 Å². The van der Waals surface area contributed by atoms with E-state index in [1.165, 1.54) is 17.4 Å². The van der Waals surface area contributed by atoms with Crippen molar-refractivity contribution in [3.8, 4) is 5.75 Å². The molecule has 0 radical (unpaired) electrons. The molecule has 3 aromatic rings. The van der Waals surface area contributed by atoms with Crippen LogP contribution in [0, 0.1) is 0 Å². The lowest BCUT2D eigenvalue weighted by molar-refractivity contribution is -0.136. The minimum Gasteiger partial charge on any atom is -0.508 e. The molecule has 0 bridgehead atoms. The quantitative estimate of drug-likeness (QED) is 0.321. The van der Waals surface area contributed by atoms with E-state index < -0.39 is 5.97 Å². The molecule has 1 aromatic heterocycles. The monoisotopic (exact) mass is 476 g/mol. The van der Waals surface area contributed by atoms with E-state index in [9.17, 15) is 20.1 Å². The maximum atomic E-state index is 12.2. The predicted octanol–water partition coefficient (Wildman–Crippen LogP) is 3.76. The Morgan fingerprint density at radius 1 is 0.941 bits per heavy atom. The molecule has 8 heteroatoms. The number of aliphatic hydroxyl groups excluding tert-OH is 2. The summed E-state index contributed by atoms with van der Waals surface area (Å²) in [6, 6.07) is 18.3. The lowest BCUT2D eigenvalue weighted by Crippen LogP contribution is -2.29. The molecule has 0 amide bonds. The van der Waals surface area contributed by atoms with Crippen molar-refractivity contribution in [1.82, 2.24) is 0 Å². The third kappa shape index (κ3) is 5.60. The highest BCUT2D eigenvalue weighted by Gasteiger charge is 2.27. The fraction of sp³-hybridized carbons (Fsp3) is 0.154. The Labute approximate surface area is 201 Å². The van der Waals surface area contributed by atoms with Gasteiger partial charge in [-0.15, -0.1) is 11.3 Å². The number of anilines is 1. The number of hydrogen-bond donors (Lipinski definition) is 3. The van der Waals surface area contributed by atoms with Crippen molar-refractivity contribution in [1.29, 1.82) is 0 Å². The Morgan fingerprint density at radius 3 is 2.38 bits per heavy atom. The SMILES string of the molecule is O=C1ON=C(c2cccc(O)c2)/C1=C/c1ccc(/C=C/c2ccc(N(CCO)CCO)cc2)s1. The van der Waals surface area contributed by atoms with Gasteiger partial charge in [0.1, 0.15) is 11.5 Å². The molecule has 4 rings (SSSR count). The van der Waals surface area contributed by atoms with E-state index in [0.29, 0.717) is 29.9 Å². The molecule has 0 spiro atoms. The second-order valence-electron chi connectivity index (χ2n) is 7.53. The van der Waals surface area contributed by atoms with Crippen molar-refractivity contribution in [2.45, 2.75) is 0 Å².